The fourth-order valence-electron chi connectivity index (χ4n) is 3.31. The SMILES string of the molecule is c1ccc(C(=C2c3cc4ccccc4cc32)c2cccs2)cc1. The number of benzene rings is 3. The molecule has 1 aromatic heterocycles. The van der Waals surface area contributed by atoms with Crippen molar-refractivity contribution in [3.8, 4) is 0 Å². The molecule has 0 spiro atoms. The van der Waals surface area contributed by atoms with Gasteiger partial charge in [-0.3, -0.25) is 0 Å². The summed E-state index contributed by atoms with van der Waals surface area (Å²) in [5.74, 6) is 0. The summed E-state index contributed by atoms with van der Waals surface area (Å²) >= 11 is 1.81. The normalized spacial score (nSPS) is 12.3. The van der Waals surface area contributed by atoms with Crippen LogP contribution in [0.3, 0.4) is 0 Å². The fraction of sp³-hybridized carbons (Fsp3) is 0. The van der Waals surface area contributed by atoms with Crippen molar-refractivity contribution >= 4 is 33.3 Å². The van der Waals surface area contributed by atoms with E-state index < -0.39 is 0 Å². The van der Waals surface area contributed by atoms with E-state index in [1.165, 1.54) is 43.5 Å². The van der Waals surface area contributed by atoms with E-state index in [4.69, 9.17) is 0 Å². The second kappa shape index (κ2) is 4.94. The lowest BCUT2D eigenvalue weighted by molar-refractivity contribution is 1.62. The maximum atomic E-state index is 2.33. The van der Waals surface area contributed by atoms with Gasteiger partial charge in [-0.1, -0.05) is 60.7 Å². The fourth-order valence-corrected chi connectivity index (χ4v) is 4.11. The van der Waals surface area contributed by atoms with Crippen molar-refractivity contribution < 1.29 is 0 Å². The van der Waals surface area contributed by atoms with E-state index in [2.05, 4.69) is 84.2 Å². The third kappa shape index (κ3) is 2.05. The van der Waals surface area contributed by atoms with Crippen LogP contribution in [-0.2, 0) is 0 Å². The molecule has 0 N–H and O–H groups in total. The molecule has 5 rings (SSSR count). The first-order chi connectivity index (χ1) is 11.4. The van der Waals surface area contributed by atoms with Crippen LogP contribution in [0.2, 0.25) is 0 Å². The number of hydrogen-bond donors (Lipinski definition) is 0. The summed E-state index contributed by atoms with van der Waals surface area (Å²) in [7, 11) is 0. The Morgan fingerprint density at radius 3 is 1.91 bits per heavy atom. The molecule has 0 aliphatic heterocycles. The summed E-state index contributed by atoms with van der Waals surface area (Å²) in [6, 6.07) is 28.3. The molecular weight excluding hydrogens is 296 g/mol. The minimum absolute atomic E-state index is 1.30. The molecule has 0 bridgehead atoms. The number of fused-ring (bicyclic) bond motifs is 2. The molecule has 0 saturated heterocycles. The van der Waals surface area contributed by atoms with Gasteiger partial charge in [-0.15, -0.1) is 11.3 Å². The van der Waals surface area contributed by atoms with Crippen molar-refractivity contribution in [1.82, 2.24) is 0 Å². The van der Waals surface area contributed by atoms with Crippen molar-refractivity contribution in [3.05, 3.63) is 106 Å². The first-order valence-electron chi connectivity index (χ1n) is 7.79. The maximum Gasteiger partial charge on any atom is 0.0355 e. The van der Waals surface area contributed by atoms with Gasteiger partial charge in [-0.05, 0) is 56.6 Å². The monoisotopic (exact) mass is 310 g/mol. The zero-order chi connectivity index (χ0) is 15.2. The predicted octanol–water partition coefficient (Wildman–Crippen LogP) is 6.22. The Balaban J connectivity index is 1.78. The second-order valence-electron chi connectivity index (χ2n) is 5.84. The van der Waals surface area contributed by atoms with Crippen molar-refractivity contribution in [2.45, 2.75) is 0 Å². The minimum atomic E-state index is 1.30. The van der Waals surface area contributed by atoms with Crippen molar-refractivity contribution in [3.63, 3.8) is 0 Å². The average molecular weight is 310 g/mol. The lowest BCUT2D eigenvalue weighted by Gasteiger charge is -2.05. The molecular formula is C22H14S. The van der Waals surface area contributed by atoms with Gasteiger partial charge in [0.25, 0.3) is 0 Å². The van der Waals surface area contributed by atoms with Crippen LogP contribution in [0.1, 0.15) is 21.6 Å². The summed E-state index contributed by atoms with van der Waals surface area (Å²) in [4.78, 5) is 1.34. The Bertz CT molecular complexity index is 993. The highest BCUT2D eigenvalue weighted by Crippen LogP contribution is 2.51. The van der Waals surface area contributed by atoms with Crippen LogP contribution in [0.25, 0.3) is 21.9 Å². The lowest BCUT2D eigenvalue weighted by atomic mass is 10.0. The molecule has 3 aromatic carbocycles. The maximum absolute atomic E-state index is 2.33. The van der Waals surface area contributed by atoms with Crippen LogP contribution < -0.4 is 0 Å². The molecule has 0 amide bonds. The summed E-state index contributed by atoms with van der Waals surface area (Å²) in [5.41, 5.74) is 6.87. The van der Waals surface area contributed by atoms with Gasteiger partial charge in [0.05, 0.1) is 0 Å². The van der Waals surface area contributed by atoms with Gasteiger partial charge in [0.2, 0.25) is 0 Å². The Hall–Kier alpha value is -2.64. The smallest absolute Gasteiger partial charge is 0.0355 e. The Morgan fingerprint density at radius 1 is 0.652 bits per heavy atom. The summed E-state index contributed by atoms with van der Waals surface area (Å²) in [5, 5.41) is 4.79. The molecule has 4 aromatic rings. The molecule has 0 saturated carbocycles. The Morgan fingerprint density at radius 2 is 1.30 bits per heavy atom. The van der Waals surface area contributed by atoms with Crippen molar-refractivity contribution in [1.29, 1.82) is 0 Å². The van der Waals surface area contributed by atoms with Gasteiger partial charge in [0.15, 0.2) is 0 Å². The van der Waals surface area contributed by atoms with E-state index in [1.54, 1.807) is 0 Å². The topological polar surface area (TPSA) is 0 Å². The summed E-state index contributed by atoms with van der Waals surface area (Å²) < 4.78 is 0. The number of hydrogen-bond acceptors (Lipinski definition) is 1. The van der Waals surface area contributed by atoms with Crippen molar-refractivity contribution in [2.75, 3.05) is 0 Å². The molecule has 0 atom stereocenters. The molecule has 0 nitrogen and oxygen atoms in total. The van der Waals surface area contributed by atoms with Crippen LogP contribution in [0.5, 0.6) is 0 Å². The molecule has 23 heavy (non-hydrogen) atoms. The molecule has 1 aliphatic carbocycles. The Labute approximate surface area is 139 Å². The molecule has 0 fully saturated rings. The van der Waals surface area contributed by atoms with E-state index in [1.807, 2.05) is 11.3 Å². The predicted molar refractivity (Wildman–Crippen MR) is 99.7 cm³/mol. The second-order valence-corrected chi connectivity index (χ2v) is 6.79. The van der Waals surface area contributed by atoms with E-state index in [0.29, 0.717) is 0 Å². The van der Waals surface area contributed by atoms with E-state index in [9.17, 15) is 0 Å². The third-order valence-corrected chi connectivity index (χ3v) is 5.33. The highest BCUT2D eigenvalue weighted by Gasteiger charge is 2.30. The lowest BCUT2D eigenvalue weighted by Crippen LogP contribution is -1.83. The van der Waals surface area contributed by atoms with E-state index in [-0.39, 0.29) is 0 Å². The largest absolute Gasteiger partial charge is 0.144 e. The third-order valence-electron chi connectivity index (χ3n) is 4.44. The highest BCUT2D eigenvalue weighted by atomic mass is 32.1. The summed E-state index contributed by atoms with van der Waals surface area (Å²) in [6.45, 7) is 0. The number of rotatable bonds is 2. The first-order valence-corrected chi connectivity index (χ1v) is 8.67. The number of thiophene rings is 1. The first kappa shape index (κ1) is 12.9. The molecule has 0 radical (unpaired) electrons. The van der Waals surface area contributed by atoms with E-state index in [0.717, 1.165) is 0 Å². The van der Waals surface area contributed by atoms with Crippen LogP contribution in [0, 0.1) is 0 Å². The van der Waals surface area contributed by atoms with Gasteiger partial charge < -0.3 is 0 Å². The zero-order valence-corrected chi connectivity index (χ0v) is 13.3. The van der Waals surface area contributed by atoms with Crippen LogP contribution in [-0.4, -0.2) is 0 Å². The van der Waals surface area contributed by atoms with Gasteiger partial charge in [0.1, 0.15) is 0 Å². The zero-order valence-electron chi connectivity index (χ0n) is 12.5. The molecule has 1 aliphatic rings. The van der Waals surface area contributed by atoms with Gasteiger partial charge in [-0.25, -0.2) is 0 Å². The quantitative estimate of drug-likeness (QED) is 0.363. The molecule has 108 valence electrons. The highest BCUT2D eigenvalue weighted by molar-refractivity contribution is 7.11. The molecule has 1 heteroatoms. The van der Waals surface area contributed by atoms with Crippen LogP contribution in [0.4, 0.5) is 0 Å². The molecule has 1 heterocycles. The van der Waals surface area contributed by atoms with Gasteiger partial charge in [-0.2, -0.15) is 0 Å². The minimum Gasteiger partial charge on any atom is -0.144 e. The van der Waals surface area contributed by atoms with Crippen molar-refractivity contribution in [2.24, 2.45) is 0 Å². The van der Waals surface area contributed by atoms with Gasteiger partial charge >= 0.3 is 0 Å². The average Bonchev–Trinajstić information content (AvgIpc) is 3.03. The van der Waals surface area contributed by atoms with Crippen LogP contribution >= 0.6 is 11.3 Å². The Kier molecular flexibility index (Phi) is 2.76. The molecule has 0 unspecified atom stereocenters. The van der Waals surface area contributed by atoms with E-state index >= 15 is 0 Å². The van der Waals surface area contributed by atoms with Gasteiger partial charge in [0, 0.05) is 10.5 Å². The standard InChI is InChI=1S/C22H14S/c1-2-7-15(8-3-1)21(20-11-6-12-23-20)22-18-13-16-9-4-5-10-17(16)14-19(18)22/h1-14H. The summed E-state index contributed by atoms with van der Waals surface area (Å²) in [6.07, 6.45) is 0. The van der Waals surface area contributed by atoms with Crippen LogP contribution in [0.15, 0.2) is 84.2 Å².